The lowest BCUT2D eigenvalue weighted by Crippen LogP contribution is -2.34. The Hall–Kier alpha value is -1.26. The lowest BCUT2D eigenvalue weighted by molar-refractivity contribution is 0.0939. The van der Waals surface area contributed by atoms with Crippen LogP contribution in [-0.2, 0) is 0 Å². The van der Waals surface area contributed by atoms with Gasteiger partial charge in [-0.1, -0.05) is 31.4 Å². The van der Waals surface area contributed by atoms with E-state index in [-0.39, 0.29) is 11.3 Å². The summed E-state index contributed by atoms with van der Waals surface area (Å²) in [4.78, 5) is 13.0. The largest absolute Gasteiger partial charge is 0.397 e. The van der Waals surface area contributed by atoms with Crippen LogP contribution < -0.4 is 11.1 Å². The topological polar surface area (TPSA) is 55.1 Å². The molecule has 1 aliphatic rings. The van der Waals surface area contributed by atoms with Crippen LogP contribution in [0.15, 0.2) is 18.2 Å². The molecule has 112 valence electrons. The van der Waals surface area contributed by atoms with E-state index in [2.05, 4.69) is 12.2 Å². The SMILES string of the molecule is CC1(CNC(=O)c2sc3cc(Cl)ccc3c2N)CCCC1. The van der Waals surface area contributed by atoms with Gasteiger partial charge in [-0.2, -0.15) is 0 Å². The molecule has 0 radical (unpaired) electrons. The van der Waals surface area contributed by atoms with Gasteiger partial charge in [0.25, 0.3) is 5.91 Å². The normalized spacial score (nSPS) is 17.2. The molecule has 3 rings (SSSR count). The third-order valence-electron chi connectivity index (χ3n) is 4.38. The van der Waals surface area contributed by atoms with Gasteiger partial charge in [0.15, 0.2) is 0 Å². The fourth-order valence-electron chi connectivity index (χ4n) is 3.04. The Bertz CT molecular complexity index is 689. The van der Waals surface area contributed by atoms with Crippen LogP contribution in [0.25, 0.3) is 10.1 Å². The molecular weight excluding hydrogens is 304 g/mol. The van der Waals surface area contributed by atoms with E-state index in [1.807, 2.05) is 12.1 Å². The maximum atomic E-state index is 12.4. The highest BCUT2D eigenvalue weighted by atomic mass is 35.5. The van der Waals surface area contributed by atoms with Gasteiger partial charge in [0.1, 0.15) is 4.88 Å². The van der Waals surface area contributed by atoms with Gasteiger partial charge in [-0.3, -0.25) is 4.79 Å². The summed E-state index contributed by atoms with van der Waals surface area (Å²) < 4.78 is 0.956. The van der Waals surface area contributed by atoms with Crippen LogP contribution >= 0.6 is 22.9 Å². The Labute approximate surface area is 133 Å². The van der Waals surface area contributed by atoms with E-state index < -0.39 is 0 Å². The standard InChI is InChI=1S/C16H19ClN2OS/c1-16(6-2-3-7-16)9-19-15(20)14-13(18)11-5-4-10(17)8-12(11)21-14/h4-5,8H,2-3,6-7,9,18H2,1H3,(H,19,20). The maximum absolute atomic E-state index is 12.4. The highest BCUT2D eigenvalue weighted by Gasteiger charge is 2.29. The number of nitrogens with one attached hydrogen (secondary N) is 1. The molecule has 2 aromatic rings. The zero-order chi connectivity index (χ0) is 15.0. The van der Waals surface area contributed by atoms with Gasteiger partial charge < -0.3 is 11.1 Å². The molecule has 1 heterocycles. The van der Waals surface area contributed by atoms with E-state index in [0.29, 0.717) is 15.6 Å². The quantitative estimate of drug-likeness (QED) is 0.877. The number of carbonyl (C=O) groups is 1. The predicted octanol–water partition coefficient (Wildman–Crippen LogP) is 4.45. The van der Waals surface area contributed by atoms with E-state index in [1.165, 1.54) is 37.0 Å². The molecule has 1 aliphatic carbocycles. The monoisotopic (exact) mass is 322 g/mol. The van der Waals surface area contributed by atoms with E-state index >= 15 is 0 Å². The molecule has 1 aromatic carbocycles. The summed E-state index contributed by atoms with van der Waals surface area (Å²) in [5.74, 6) is -0.0713. The number of benzene rings is 1. The molecule has 0 saturated heterocycles. The summed E-state index contributed by atoms with van der Waals surface area (Å²) in [5.41, 5.74) is 6.91. The van der Waals surface area contributed by atoms with Gasteiger partial charge in [0.05, 0.1) is 5.69 Å². The van der Waals surface area contributed by atoms with Crippen molar-refractivity contribution in [3.05, 3.63) is 28.1 Å². The van der Waals surface area contributed by atoms with Crippen molar-refractivity contribution in [2.45, 2.75) is 32.6 Å². The summed E-state index contributed by atoms with van der Waals surface area (Å²) in [7, 11) is 0. The van der Waals surface area contributed by atoms with Crippen LogP contribution in [0, 0.1) is 5.41 Å². The average Bonchev–Trinajstić information content (AvgIpc) is 3.01. The van der Waals surface area contributed by atoms with Crippen LogP contribution in [0.4, 0.5) is 5.69 Å². The van der Waals surface area contributed by atoms with Gasteiger partial charge in [0.2, 0.25) is 0 Å². The number of nitrogen functional groups attached to an aromatic ring is 1. The minimum absolute atomic E-state index is 0.0713. The van der Waals surface area contributed by atoms with Crippen LogP contribution in [0.1, 0.15) is 42.3 Å². The minimum Gasteiger partial charge on any atom is -0.397 e. The molecule has 1 amide bonds. The Morgan fingerprint density at radius 1 is 1.43 bits per heavy atom. The van der Waals surface area contributed by atoms with Crippen molar-refractivity contribution in [2.75, 3.05) is 12.3 Å². The minimum atomic E-state index is -0.0713. The number of hydrogen-bond donors (Lipinski definition) is 2. The van der Waals surface area contributed by atoms with Gasteiger partial charge >= 0.3 is 0 Å². The zero-order valence-electron chi connectivity index (χ0n) is 12.0. The fraction of sp³-hybridized carbons (Fsp3) is 0.438. The average molecular weight is 323 g/mol. The first-order chi connectivity index (χ1) is 9.98. The van der Waals surface area contributed by atoms with Gasteiger partial charge in [-0.25, -0.2) is 0 Å². The first-order valence-corrected chi connectivity index (χ1v) is 8.44. The molecule has 0 unspecified atom stereocenters. The summed E-state index contributed by atoms with van der Waals surface area (Å²) >= 11 is 7.40. The van der Waals surface area contributed by atoms with Gasteiger partial charge in [-0.15, -0.1) is 11.3 Å². The Balaban J connectivity index is 1.79. The molecule has 0 atom stereocenters. The molecule has 21 heavy (non-hydrogen) atoms. The van der Waals surface area contributed by atoms with Crippen molar-refractivity contribution < 1.29 is 4.79 Å². The number of anilines is 1. The van der Waals surface area contributed by atoms with Crippen molar-refractivity contribution >= 4 is 44.6 Å². The third-order valence-corrected chi connectivity index (χ3v) is 5.79. The van der Waals surface area contributed by atoms with E-state index in [4.69, 9.17) is 17.3 Å². The molecule has 0 spiro atoms. The van der Waals surface area contributed by atoms with Crippen molar-refractivity contribution in [1.29, 1.82) is 0 Å². The number of rotatable bonds is 3. The van der Waals surface area contributed by atoms with Crippen molar-refractivity contribution in [3.8, 4) is 0 Å². The lowest BCUT2D eigenvalue weighted by atomic mass is 9.89. The van der Waals surface area contributed by atoms with Crippen molar-refractivity contribution in [3.63, 3.8) is 0 Å². The van der Waals surface area contributed by atoms with Crippen LogP contribution in [0.3, 0.4) is 0 Å². The van der Waals surface area contributed by atoms with Gasteiger partial charge in [-0.05, 0) is 36.5 Å². The molecular formula is C16H19ClN2OS. The second-order valence-electron chi connectivity index (χ2n) is 6.19. The second kappa shape index (κ2) is 5.50. The van der Waals surface area contributed by atoms with Crippen LogP contribution in [0.5, 0.6) is 0 Å². The van der Waals surface area contributed by atoms with E-state index in [0.717, 1.165) is 16.6 Å². The zero-order valence-corrected chi connectivity index (χ0v) is 13.6. The molecule has 0 bridgehead atoms. The van der Waals surface area contributed by atoms with Gasteiger partial charge in [0, 0.05) is 21.7 Å². The molecule has 0 aliphatic heterocycles. The lowest BCUT2D eigenvalue weighted by Gasteiger charge is -2.23. The maximum Gasteiger partial charge on any atom is 0.263 e. The number of nitrogens with two attached hydrogens (primary N) is 1. The number of hydrogen-bond acceptors (Lipinski definition) is 3. The highest BCUT2D eigenvalue weighted by molar-refractivity contribution is 7.21. The Morgan fingerprint density at radius 3 is 2.86 bits per heavy atom. The van der Waals surface area contributed by atoms with Crippen LogP contribution in [0.2, 0.25) is 5.02 Å². The fourth-order valence-corrected chi connectivity index (χ4v) is 4.35. The first-order valence-electron chi connectivity index (χ1n) is 7.24. The molecule has 1 aromatic heterocycles. The smallest absolute Gasteiger partial charge is 0.263 e. The number of amides is 1. The Morgan fingerprint density at radius 2 is 2.14 bits per heavy atom. The number of fused-ring (bicyclic) bond motifs is 1. The molecule has 5 heteroatoms. The summed E-state index contributed by atoms with van der Waals surface area (Å²) in [5, 5.41) is 4.62. The van der Waals surface area contributed by atoms with Crippen molar-refractivity contribution in [2.24, 2.45) is 5.41 Å². The second-order valence-corrected chi connectivity index (χ2v) is 7.67. The number of carbonyl (C=O) groups excluding carboxylic acids is 1. The third kappa shape index (κ3) is 2.87. The molecule has 1 fully saturated rings. The number of thiophene rings is 1. The van der Waals surface area contributed by atoms with Crippen LogP contribution in [-0.4, -0.2) is 12.5 Å². The highest BCUT2D eigenvalue weighted by Crippen LogP contribution is 2.38. The molecule has 3 N–H and O–H groups in total. The number of halogens is 1. The first kappa shape index (κ1) is 14.7. The van der Waals surface area contributed by atoms with E-state index in [1.54, 1.807) is 6.07 Å². The van der Waals surface area contributed by atoms with Crippen molar-refractivity contribution in [1.82, 2.24) is 5.32 Å². The molecule has 1 saturated carbocycles. The summed E-state index contributed by atoms with van der Waals surface area (Å²) in [6, 6.07) is 5.53. The molecule has 3 nitrogen and oxygen atoms in total. The Kier molecular flexibility index (Phi) is 3.84. The predicted molar refractivity (Wildman–Crippen MR) is 90.2 cm³/mol. The summed E-state index contributed by atoms with van der Waals surface area (Å²) in [6.07, 6.45) is 4.89. The summed E-state index contributed by atoms with van der Waals surface area (Å²) in [6.45, 7) is 2.97. The van der Waals surface area contributed by atoms with E-state index in [9.17, 15) is 4.79 Å².